The van der Waals surface area contributed by atoms with Crippen LogP contribution in [0.3, 0.4) is 0 Å². The van der Waals surface area contributed by atoms with Gasteiger partial charge in [-0.3, -0.25) is 10.5 Å². The number of hydrogen-bond acceptors (Lipinski definition) is 4. The molecule has 108 valence electrons. The standard InChI is InChI=1S/C15H24O4/c1-10(2)11-8-7-9-12(14(3,4)18-16)13(11)15(5,6)19-17/h7-10,16-17H,1-6H3. The fourth-order valence-electron chi connectivity index (χ4n) is 2.32. The van der Waals surface area contributed by atoms with E-state index in [1.807, 2.05) is 18.2 Å². The summed E-state index contributed by atoms with van der Waals surface area (Å²) in [5.74, 6) is 0.263. The van der Waals surface area contributed by atoms with Crippen LogP contribution in [0.4, 0.5) is 0 Å². The van der Waals surface area contributed by atoms with Gasteiger partial charge in [-0.1, -0.05) is 32.0 Å². The highest BCUT2D eigenvalue weighted by Gasteiger charge is 2.35. The van der Waals surface area contributed by atoms with E-state index in [2.05, 4.69) is 23.6 Å². The van der Waals surface area contributed by atoms with Crippen molar-refractivity contribution in [3.05, 3.63) is 34.9 Å². The molecule has 0 spiro atoms. The van der Waals surface area contributed by atoms with Crippen molar-refractivity contribution in [1.82, 2.24) is 0 Å². The average molecular weight is 268 g/mol. The second-order valence-corrected chi connectivity index (χ2v) is 6.13. The lowest BCUT2D eigenvalue weighted by Gasteiger charge is -2.33. The first kappa shape index (κ1) is 16.1. The maximum Gasteiger partial charge on any atom is 0.123 e. The Morgan fingerprint density at radius 2 is 1.47 bits per heavy atom. The van der Waals surface area contributed by atoms with E-state index in [-0.39, 0.29) is 5.92 Å². The molecule has 0 aliphatic carbocycles. The molecule has 19 heavy (non-hydrogen) atoms. The molecule has 1 aromatic carbocycles. The van der Waals surface area contributed by atoms with Crippen LogP contribution < -0.4 is 0 Å². The van der Waals surface area contributed by atoms with Crippen molar-refractivity contribution in [3.8, 4) is 0 Å². The molecule has 0 atom stereocenters. The van der Waals surface area contributed by atoms with Crippen LogP contribution >= 0.6 is 0 Å². The van der Waals surface area contributed by atoms with Gasteiger partial charge in [-0.15, -0.1) is 0 Å². The van der Waals surface area contributed by atoms with Crippen LogP contribution in [0.25, 0.3) is 0 Å². The molecule has 0 aliphatic rings. The van der Waals surface area contributed by atoms with Crippen molar-refractivity contribution in [2.24, 2.45) is 0 Å². The van der Waals surface area contributed by atoms with E-state index in [1.54, 1.807) is 27.7 Å². The molecular formula is C15H24O4. The molecule has 0 radical (unpaired) electrons. The van der Waals surface area contributed by atoms with E-state index in [1.165, 1.54) is 0 Å². The first-order valence-electron chi connectivity index (χ1n) is 6.46. The molecule has 1 aromatic rings. The zero-order valence-corrected chi connectivity index (χ0v) is 12.5. The number of rotatable bonds is 5. The van der Waals surface area contributed by atoms with E-state index < -0.39 is 11.2 Å². The summed E-state index contributed by atoms with van der Waals surface area (Å²) >= 11 is 0. The van der Waals surface area contributed by atoms with Crippen LogP contribution in [-0.2, 0) is 21.0 Å². The summed E-state index contributed by atoms with van der Waals surface area (Å²) < 4.78 is 0. The Hall–Kier alpha value is -0.940. The highest BCUT2D eigenvalue weighted by atomic mass is 17.1. The summed E-state index contributed by atoms with van der Waals surface area (Å²) in [4.78, 5) is 9.26. The minimum atomic E-state index is -0.883. The van der Waals surface area contributed by atoms with Gasteiger partial charge in [-0.05, 0) is 50.3 Å². The van der Waals surface area contributed by atoms with Crippen molar-refractivity contribution in [2.45, 2.75) is 58.7 Å². The first-order chi connectivity index (χ1) is 8.67. The minimum Gasteiger partial charge on any atom is -0.251 e. The summed E-state index contributed by atoms with van der Waals surface area (Å²) in [6.07, 6.45) is 0. The van der Waals surface area contributed by atoms with Crippen molar-refractivity contribution in [2.75, 3.05) is 0 Å². The van der Waals surface area contributed by atoms with Crippen LogP contribution in [-0.4, -0.2) is 10.5 Å². The number of benzene rings is 1. The monoisotopic (exact) mass is 268 g/mol. The predicted molar refractivity (Wildman–Crippen MR) is 74.0 cm³/mol. The maximum absolute atomic E-state index is 9.21. The first-order valence-corrected chi connectivity index (χ1v) is 6.46. The average Bonchev–Trinajstić information content (AvgIpc) is 2.37. The molecule has 0 saturated heterocycles. The molecule has 0 aromatic heterocycles. The Morgan fingerprint density at radius 1 is 0.947 bits per heavy atom. The molecule has 2 N–H and O–H groups in total. The van der Waals surface area contributed by atoms with Gasteiger partial charge in [0.15, 0.2) is 0 Å². The molecule has 0 heterocycles. The molecule has 1 rings (SSSR count). The van der Waals surface area contributed by atoms with Crippen molar-refractivity contribution < 1.29 is 20.3 Å². The Bertz CT molecular complexity index is 436. The van der Waals surface area contributed by atoms with Crippen molar-refractivity contribution in [3.63, 3.8) is 0 Å². The zero-order chi connectivity index (χ0) is 14.8. The smallest absolute Gasteiger partial charge is 0.123 e. The molecular weight excluding hydrogens is 244 g/mol. The Kier molecular flexibility index (Phi) is 4.74. The van der Waals surface area contributed by atoms with E-state index in [4.69, 9.17) is 5.26 Å². The summed E-state index contributed by atoms with van der Waals surface area (Å²) in [5.41, 5.74) is 0.927. The summed E-state index contributed by atoms with van der Waals surface area (Å²) in [6, 6.07) is 5.79. The molecule has 0 saturated carbocycles. The van der Waals surface area contributed by atoms with Gasteiger partial charge in [0.1, 0.15) is 11.2 Å². The van der Waals surface area contributed by atoms with Crippen LogP contribution in [0.2, 0.25) is 0 Å². The molecule has 4 nitrogen and oxygen atoms in total. The van der Waals surface area contributed by atoms with Gasteiger partial charge in [0.25, 0.3) is 0 Å². The fourth-order valence-corrected chi connectivity index (χ4v) is 2.32. The van der Waals surface area contributed by atoms with Gasteiger partial charge in [0, 0.05) is 0 Å². The summed E-state index contributed by atoms with van der Waals surface area (Å²) in [6.45, 7) is 11.2. The van der Waals surface area contributed by atoms with Gasteiger partial charge in [0.2, 0.25) is 0 Å². The second-order valence-electron chi connectivity index (χ2n) is 6.13. The van der Waals surface area contributed by atoms with Crippen LogP contribution in [0.1, 0.15) is 64.2 Å². The quantitative estimate of drug-likeness (QED) is 0.619. The predicted octanol–water partition coefficient (Wildman–Crippen LogP) is 4.26. The van der Waals surface area contributed by atoms with Crippen LogP contribution in [0.15, 0.2) is 18.2 Å². The lowest BCUT2D eigenvalue weighted by atomic mass is 9.79. The van der Waals surface area contributed by atoms with Crippen molar-refractivity contribution >= 4 is 0 Å². The molecule has 0 aliphatic heterocycles. The van der Waals surface area contributed by atoms with E-state index in [0.29, 0.717) is 0 Å². The third kappa shape index (κ3) is 3.15. The number of hydrogen-bond donors (Lipinski definition) is 2. The molecule has 4 heteroatoms. The Balaban J connectivity index is 3.61. The van der Waals surface area contributed by atoms with E-state index >= 15 is 0 Å². The van der Waals surface area contributed by atoms with E-state index in [9.17, 15) is 5.26 Å². The van der Waals surface area contributed by atoms with Crippen molar-refractivity contribution in [1.29, 1.82) is 0 Å². The molecule has 0 unspecified atom stereocenters. The molecule has 0 amide bonds. The summed E-state index contributed by atoms with van der Waals surface area (Å²) in [7, 11) is 0. The topological polar surface area (TPSA) is 58.9 Å². The van der Waals surface area contributed by atoms with Gasteiger partial charge in [-0.25, -0.2) is 9.78 Å². The lowest BCUT2D eigenvalue weighted by molar-refractivity contribution is -0.326. The Morgan fingerprint density at radius 3 is 1.89 bits per heavy atom. The minimum absolute atomic E-state index is 0.263. The molecule has 0 bridgehead atoms. The SMILES string of the molecule is CC(C)c1cccc(C(C)(C)OO)c1C(C)(C)OO. The van der Waals surface area contributed by atoms with Crippen LogP contribution in [0.5, 0.6) is 0 Å². The molecule has 0 fully saturated rings. The van der Waals surface area contributed by atoms with Gasteiger partial charge < -0.3 is 0 Å². The zero-order valence-electron chi connectivity index (χ0n) is 12.5. The largest absolute Gasteiger partial charge is 0.251 e. The maximum atomic E-state index is 9.21. The highest BCUT2D eigenvalue weighted by Crippen LogP contribution is 2.39. The second kappa shape index (κ2) is 5.59. The Labute approximate surface area is 114 Å². The van der Waals surface area contributed by atoms with Gasteiger partial charge >= 0.3 is 0 Å². The van der Waals surface area contributed by atoms with E-state index in [0.717, 1.165) is 16.7 Å². The van der Waals surface area contributed by atoms with Gasteiger partial charge in [0.05, 0.1) is 0 Å². The lowest BCUT2D eigenvalue weighted by Crippen LogP contribution is -2.30. The normalized spacial score (nSPS) is 13.1. The van der Waals surface area contributed by atoms with Gasteiger partial charge in [-0.2, -0.15) is 0 Å². The summed E-state index contributed by atoms with van der Waals surface area (Å²) in [5, 5.41) is 18.3. The fraction of sp³-hybridized carbons (Fsp3) is 0.600. The third-order valence-electron chi connectivity index (χ3n) is 3.43. The van der Waals surface area contributed by atoms with Crippen LogP contribution in [0, 0.1) is 0 Å². The highest BCUT2D eigenvalue weighted by molar-refractivity contribution is 5.43. The third-order valence-corrected chi connectivity index (χ3v) is 3.43.